The van der Waals surface area contributed by atoms with Crippen molar-refractivity contribution in [2.45, 2.75) is 6.42 Å². The van der Waals surface area contributed by atoms with E-state index in [4.69, 9.17) is 4.74 Å². The Hall–Kier alpha value is -7.55. The van der Waals surface area contributed by atoms with E-state index < -0.39 is 7.92 Å². The van der Waals surface area contributed by atoms with Crippen molar-refractivity contribution in [3.05, 3.63) is 236 Å². The van der Waals surface area contributed by atoms with Gasteiger partial charge in [-0.2, -0.15) is 0 Å². The molecule has 0 heterocycles. The topological polar surface area (TPSA) is 32.3 Å². The van der Waals surface area contributed by atoms with Crippen LogP contribution in [0.15, 0.2) is 231 Å². The van der Waals surface area contributed by atoms with Crippen LogP contribution in [-0.4, -0.2) is 39.3 Å². The van der Waals surface area contributed by atoms with E-state index in [1.165, 1.54) is 26.9 Å². The molecule has 11 rings (SSSR count). The van der Waals surface area contributed by atoms with Crippen LogP contribution in [0.3, 0.4) is 0 Å². The number of benzene rings is 11. The minimum Gasteiger partial charge on any atom is -0.872 e. The van der Waals surface area contributed by atoms with E-state index in [1.807, 2.05) is 48.5 Å². The summed E-state index contributed by atoms with van der Waals surface area (Å²) in [5, 5.41) is 27.7. The maximum atomic E-state index is 14.8. The molecule has 0 unspecified atom stereocenters. The second kappa shape index (κ2) is 19.4. The van der Waals surface area contributed by atoms with Crippen molar-refractivity contribution in [3.8, 4) is 44.9 Å². The van der Waals surface area contributed by atoms with Crippen LogP contribution in [0.5, 0.6) is 11.5 Å². The van der Waals surface area contributed by atoms with Crippen LogP contribution in [0.4, 0.5) is 0 Å². The number of methoxy groups -OCH3 is 1. The monoisotopic (exact) mass is 899 g/mol. The lowest BCUT2D eigenvalue weighted by molar-refractivity contribution is -0.870. The van der Waals surface area contributed by atoms with Crippen molar-refractivity contribution in [3.63, 3.8) is 0 Å². The molecule has 0 spiro atoms. The summed E-state index contributed by atoms with van der Waals surface area (Å²) in [4.78, 5) is 0. The van der Waals surface area contributed by atoms with Crippen molar-refractivity contribution in [2.24, 2.45) is 0 Å². The van der Waals surface area contributed by atoms with E-state index in [-0.39, 0.29) is 5.75 Å². The molecule has 0 aliphatic rings. The fourth-order valence-electron chi connectivity index (χ4n) is 9.49. The predicted molar refractivity (Wildman–Crippen MR) is 291 cm³/mol. The van der Waals surface area contributed by atoms with Gasteiger partial charge < -0.3 is 14.3 Å². The highest BCUT2D eigenvalue weighted by Gasteiger charge is 2.23. The highest BCUT2D eigenvalue weighted by atomic mass is 31.1. The summed E-state index contributed by atoms with van der Waals surface area (Å²) in [6.45, 7) is 1.14. The maximum Gasteiger partial charge on any atom is 0.135 e. The van der Waals surface area contributed by atoms with Crippen LogP contribution in [0, 0.1) is 0 Å². The van der Waals surface area contributed by atoms with E-state index in [1.54, 1.807) is 7.11 Å². The van der Waals surface area contributed by atoms with Gasteiger partial charge >= 0.3 is 0 Å². The number of nitrogens with zero attached hydrogens (tertiary/aromatic N) is 1. The first-order valence-corrected chi connectivity index (χ1v) is 24.7. The average Bonchev–Trinajstić information content (AvgIpc) is 3.38. The number of quaternary nitrogens is 1. The van der Waals surface area contributed by atoms with Crippen LogP contribution in [-0.2, 0) is 6.42 Å². The third-order valence-electron chi connectivity index (χ3n) is 12.9. The molecule has 0 aliphatic carbocycles. The molecule has 0 bridgehead atoms. The molecule has 11 aromatic rings. The molecule has 0 N–H and O–H groups in total. The largest absolute Gasteiger partial charge is 0.872 e. The van der Waals surface area contributed by atoms with Gasteiger partial charge in [0, 0.05) is 17.5 Å². The normalized spacial score (nSPS) is 11.5. The number of hydrogen-bond acceptors (Lipinski definition) is 2. The van der Waals surface area contributed by atoms with Gasteiger partial charge in [0.1, 0.15) is 5.75 Å². The molecule has 332 valence electrons. The molecule has 4 heteroatoms. The van der Waals surface area contributed by atoms with Gasteiger partial charge in [-0.3, -0.25) is 0 Å². The molecule has 0 aromatic heterocycles. The second-order valence-electron chi connectivity index (χ2n) is 18.4. The predicted octanol–water partition coefficient (Wildman–Crippen LogP) is 14.1. The average molecular weight is 900 g/mol. The van der Waals surface area contributed by atoms with Crippen molar-refractivity contribution >= 4 is 66.9 Å². The van der Waals surface area contributed by atoms with Gasteiger partial charge in [0.2, 0.25) is 0 Å². The quantitative estimate of drug-likeness (QED) is 0.101. The molecule has 3 nitrogen and oxygen atoms in total. The maximum absolute atomic E-state index is 14.8. The van der Waals surface area contributed by atoms with E-state index in [2.05, 4.69) is 203 Å². The number of hydrogen-bond donors (Lipinski definition) is 0. The Morgan fingerprint density at radius 1 is 0.426 bits per heavy atom. The molecule has 0 atom stereocenters. The zero-order valence-corrected chi connectivity index (χ0v) is 40.0. The van der Waals surface area contributed by atoms with Crippen molar-refractivity contribution in [1.82, 2.24) is 0 Å². The molecular weight excluding hydrogens is 846 g/mol. The zero-order chi connectivity index (χ0) is 46.6. The van der Waals surface area contributed by atoms with Gasteiger partial charge in [0.05, 0.1) is 34.8 Å². The summed E-state index contributed by atoms with van der Waals surface area (Å²) < 4.78 is 7.26. The van der Waals surface area contributed by atoms with Crippen molar-refractivity contribution in [1.29, 1.82) is 0 Å². The molecule has 0 fully saturated rings. The Morgan fingerprint density at radius 3 is 1.41 bits per heavy atom. The first kappa shape index (κ1) is 44.3. The summed E-state index contributed by atoms with van der Waals surface area (Å²) in [6.07, 6.45) is 1.11. The van der Waals surface area contributed by atoms with E-state index >= 15 is 0 Å². The first-order valence-electron chi connectivity index (χ1n) is 23.3. The zero-order valence-electron chi connectivity index (χ0n) is 39.1. The summed E-state index contributed by atoms with van der Waals surface area (Å²) in [5.41, 5.74) is 6.57. The lowest BCUT2D eigenvalue weighted by atomic mass is 9.86. The highest BCUT2D eigenvalue weighted by Crippen LogP contribution is 2.51. The van der Waals surface area contributed by atoms with Crippen LogP contribution < -0.4 is 25.8 Å². The summed E-state index contributed by atoms with van der Waals surface area (Å²) in [6, 6.07) is 81.0. The summed E-state index contributed by atoms with van der Waals surface area (Å²) in [5.74, 6) is 0.694. The Balaban J connectivity index is 0.000000184. The molecule has 0 saturated heterocycles. The Bertz CT molecular complexity index is 3520. The minimum absolute atomic E-state index is 0.00639. The molecule has 0 radical (unpaired) electrons. The third kappa shape index (κ3) is 9.12. The van der Waals surface area contributed by atoms with Crippen LogP contribution in [0.2, 0.25) is 0 Å². The molecule has 0 amide bonds. The SMILES string of the molecule is COc1c(-c2ccc3ccccc3c2)cc2ccccc2c1-c1c([O-])c(-c2ccc3ccccc3c2)cc2ccccc12.C[N+](C)(C)CCc1ccccc1P(c1ccccc1)c1ccccc1. The lowest BCUT2D eigenvalue weighted by Crippen LogP contribution is -2.37. The molecule has 11 aromatic carbocycles. The number of rotatable bonds is 10. The summed E-state index contributed by atoms with van der Waals surface area (Å²) >= 11 is 0. The van der Waals surface area contributed by atoms with E-state index in [0.29, 0.717) is 16.9 Å². The van der Waals surface area contributed by atoms with Gasteiger partial charge in [-0.25, -0.2) is 0 Å². The van der Waals surface area contributed by atoms with Crippen molar-refractivity contribution in [2.75, 3.05) is 34.8 Å². The van der Waals surface area contributed by atoms with E-state index in [0.717, 1.165) is 77.4 Å². The molecule has 0 saturated carbocycles. The smallest absolute Gasteiger partial charge is 0.135 e. The molecule has 0 aliphatic heterocycles. The number of likely N-dealkylation sites (N-methyl/N-ethyl adjacent to an activating group) is 1. The van der Waals surface area contributed by atoms with Gasteiger partial charge in [-0.05, 0) is 119 Å². The van der Waals surface area contributed by atoms with Gasteiger partial charge in [0.15, 0.2) is 0 Å². The Labute approximate surface area is 401 Å². The minimum atomic E-state index is -0.521. The van der Waals surface area contributed by atoms with Crippen LogP contribution in [0.25, 0.3) is 76.5 Å². The lowest BCUT2D eigenvalue weighted by Gasteiger charge is -2.26. The van der Waals surface area contributed by atoms with E-state index in [9.17, 15) is 5.11 Å². The fraction of sp³-hybridized carbons (Fsp3) is 0.0938. The number of ether oxygens (including phenoxy) is 1. The number of fused-ring (bicyclic) bond motifs is 4. The Kier molecular flexibility index (Phi) is 12.6. The van der Waals surface area contributed by atoms with Gasteiger partial charge in [-0.15, -0.1) is 0 Å². The first-order chi connectivity index (χ1) is 33.2. The molecular formula is C64H54NO2P. The van der Waals surface area contributed by atoms with Gasteiger partial charge in [-0.1, -0.05) is 212 Å². The van der Waals surface area contributed by atoms with Crippen molar-refractivity contribution < 1.29 is 14.3 Å². The van der Waals surface area contributed by atoms with Crippen LogP contribution in [0.1, 0.15) is 5.56 Å². The standard InChI is InChI=1S/C41H28O2.C23H27NP/c1-43-41-37(33-21-19-27-11-3-5-13-29(27)23-33)25-31-15-7-9-17-35(31)39(41)38-34-16-8-6-14-30(34)24-36(40(38)42)32-20-18-26-10-2-4-12-28(26)22-32;1-24(2,3)19-18-20-12-10-11-17-23(20)25(21-13-6-4-7-14-21)22-15-8-5-9-16-22/h2-25,42H,1H3;4-17H,18-19H2,1-3H3/q;+1/p-1. The molecule has 68 heavy (non-hydrogen) atoms. The van der Waals surface area contributed by atoms with Crippen LogP contribution >= 0.6 is 7.92 Å². The fourth-order valence-corrected chi connectivity index (χ4v) is 12.0. The highest BCUT2D eigenvalue weighted by molar-refractivity contribution is 7.79. The Morgan fingerprint density at radius 2 is 0.868 bits per heavy atom. The third-order valence-corrected chi connectivity index (χ3v) is 15.4. The summed E-state index contributed by atoms with van der Waals surface area (Å²) in [7, 11) is 7.98. The van der Waals surface area contributed by atoms with Gasteiger partial charge in [0.25, 0.3) is 0 Å². The second-order valence-corrected chi connectivity index (χ2v) is 20.6.